The van der Waals surface area contributed by atoms with Crippen molar-refractivity contribution in [3.8, 4) is 0 Å². The third-order valence-electron chi connectivity index (χ3n) is 11.9. The molecule has 6 aromatic carbocycles. The lowest BCUT2D eigenvalue weighted by molar-refractivity contribution is -0.362. The van der Waals surface area contributed by atoms with Gasteiger partial charge in [0.1, 0.15) is 30.5 Å². The maximum absolute atomic E-state index is 14.2. The van der Waals surface area contributed by atoms with Gasteiger partial charge in [-0.05, 0) is 53.4 Å². The molecule has 8 rings (SSSR count). The summed E-state index contributed by atoms with van der Waals surface area (Å²) in [7, 11) is 0. The van der Waals surface area contributed by atoms with Gasteiger partial charge < -0.3 is 47.4 Å². The Balaban J connectivity index is 1.21. The standard InChI is InChI=1S/C56H54Cl3NO12/c1-37-45(48(69-51(61)42-28-16-6-17-29-42)50(54(67-37)72-55(60)56(57,58)59)70-52(62)43-30-18-7-19-31-43)71-53-49(66-35-41-26-14-5-15-27-41)47(65-34-40-24-12-4-13-25-40)46(64-33-39-22-10-3-11-23-39)44(68-53)36-63-32-38-20-8-2-9-21-38/h2-31,37,44-50,53-54,60H,32-36H2,1H3/t37-,44+,45-,46+,47-,48+,49+,50+,53+,54?/m0/s1. The maximum atomic E-state index is 14.2. The monoisotopic (exact) mass is 1040 g/mol. The second-order valence-electron chi connectivity index (χ2n) is 17.1. The van der Waals surface area contributed by atoms with Crippen molar-refractivity contribution < 1.29 is 57.0 Å². The van der Waals surface area contributed by atoms with Gasteiger partial charge in [0.15, 0.2) is 12.4 Å². The Morgan fingerprint density at radius 1 is 0.472 bits per heavy atom. The van der Waals surface area contributed by atoms with Crippen LogP contribution in [0.2, 0.25) is 0 Å². The number of esters is 2. The molecule has 10 atom stereocenters. The number of carbonyl (C=O) groups is 2. The first-order chi connectivity index (χ1) is 35.0. The van der Waals surface area contributed by atoms with E-state index >= 15 is 0 Å². The van der Waals surface area contributed by atoms with E-state index < -0.39 is 83.0 Å². The van der Waals surface area contributed by atoms with Crippen molar-refractivity contribution in [3.05, 3.63) is 215 Å². The van der Waals surface area contributed by atoms with Crippen LogP contribution in [0.4, 0.5) is 0 Å². The molecule has 2 heterocycles. The van der Waals surface area contributed by atoms with Gasteiger partial charge in [-0.1, -0.05) is 193 Å². The van der Waals surface area contributed by atoms with E-state index in [-0.39, 0.29) is 44.2 Å². The van der Waals surface area contributed by atoms with E-state index in [2.05, 4.69) is 0 Å². The van der Waals surface area contributed by atoms with Crippen molar-refractivity contribution in [1.82, 2.24) is 0 Å². The molecule has 0 bridgehead atoms. The van der Waals surface area contributed by atoms with Gasteiger partial charge in [-0.2, -0.15) is 0 Å². The Bertz CT molecular complexity index is 2600. The van der Waals surface area contributed by atoms with E-state index in [0.29, 0.717) is 0 Å². The molecule has 2 aliphatic rings. The summed E-state index contributed by atoms with van der Waals surface area (Å²) in [5.41, 5.74) is 3.92. The predicted molar refractivity (Wildman–Crippen MR) is 269 cm³/mol. The zero-order chi connectivity index (χ0) is 50.3. The number of halogens is 3. The van der Waals surface area contributed by atoms with Crippen LogP contribution in [0.15, 0.2) is 182 Å². The van der Waals surface area contributed by atoms with Crippen LogP contribution in [0.25, 0.3) is 0 Å². The number of carbonyl (C=O) groups excluding carboxylic acids is 2. The van der Waals surface area contributed by atoms with Crippen molar-refractivity contribution in [3.63, 3.8) is 0 Å². The number of hydrogen-bond donors (Lipinski definition) is 1. The molecular formula is C56H54Cl3NO12. The van der Waals surface area contributed by atoms with E-state index in [0.717, 1.165) is 22.3 Å². The molecule has 16 heteroatoms. The minimum atomic E-state index is -2.35. The average molecular weight is 1040 g/mol. The quantitative estimate of drug-likeness (QED) is 0.0335. The summed E-state index contributed by atoms with van der Waals surface area (Å²) in [5, 5.41) is 8.53. The van der Waals surface area contributed by atoms with Gasteiger partial charge in [-0.3, -0.25) is 5.41 Å². The molecule has 6 aromatic rings. The fraction of sp³-hybridized carbons (Fsp3) is 0.304. The summed E-state index contributed by atoms with van der Waals surface area (Å²) in [4.78, 5) is 28.3. The Morgan fingerprint density at radius 3 is 1.33 bits per heavy atom. The minimum absolute atomic E-state index is 0.0142. The molecule has 0 radical (unpaired) electrons. The van der Waals surface area contributed by atoms with E-state index in [1.165, 1.54) is 0 Å². The molecule has 2 saturated heterocycles. The smallest absolute Gasteiger partial charge is 0.338 e. The Hall–Kier alpha value is -5.68. The molecule has 72 heavy (non-hydrogen) atoms. The van der Waals surface area contributed by atoms with Crippen LogP contribution in [0.5, 0.6) is 0 Å². The van der Waals surface area contributed by atoms with Crippen LogP contribution in [-0.4, -0.2) is 89.6 Å². The number of ether oxygens (including phenoxy) is 10. The van der Waals surface area contributed by atoms with Gasteiger partial charge >= 0.3 is 11.9 Å². The Kier molecular flexibility index (Phi) is 18.9. The van der Waals surface area contributed by atoms with Gasteiger partial charge in [-0.25, -0.2) is 9.59 Å². The van der Waals surface area contributed by atoms with Gasteiger partial charge in [0.05, 0.1) is 50.3 Å². The maximum Gasteiger partial charge on any atom is 0.338 e. The number of hydrogen-bond acceptors (Lipinski definition) is 13. The highest BCUT2D eigenvalue weighted by atomic mass is 35.6. The van der Waals surface area contributed by atoms with E-state index in [1.807, 2.05) is 121 Å². The SMILES string of the molecule is C[C@@H]1OC(OC(=N)C(Cl)(Cl)Cl)[C@H](OC(=O)c2ccccc2)[C@H](OC(=O)c2ccccc2)[C@H]1O[C@H]1O[C@H](COCc2ccccc2)[C@@H](OCc2ccccc2)[C@H](OCc2ccccc2)[C@H]1OCc1ccccc1. The van der Waals surface area contributed by atoms with Crippen LogP contribution < -0.4 is 0 Å². The molecule has 1 unspecified atom stereocenters. The van der Waals surface area contributed by atoms with Crippen LogP contribution in [0.1, 0.15) is 49.9 Å². The molecule has 2 aliphatic heterocycles. The number of nitrogens with one attached hydrogen (secondary N) is 1. The predicted octanol–water partition coefficient (Wildman–Crippen LogP) is 10.6. The highest BCUT2D eigenvalue weighted by Gasteiger charge is 2.56. The summed E-state index contributed by atoms with van der Waals surface area (Å²) < 4.78 is 63.6. The first-order valence-electron chi connectivity index (χ1n) is 23.4. The molecule has 0 saturated carbocycles. The summed E-state index contributed by atoms with van der Waals surface area (Å²) >= 11 is 18.3. The largest absolute Gasteiger partial charge is 0.452 e. The third kappa shape index (κ3) is 14.5. The lowest BCUT2D eigenvalue weighted by atomic mass is 9.96. The molecule has 0 amide bonds. The van der Waals surface area contributed by atoms with Crippen LogP contribution in [0, 0.1) is 5.41 Å². The molecule has 2 fully saturated rings. The van der Waals surface area contributed by atoms with Gasteiger partial charge in [0.25, 0.3) is 3.79 Å². The van der Waals surface area contributed by atoms with Crippen LogP contribution in [0.3, 0.4) is 0 Å². The first kappa shape index (κ1) is 52.6. The van der Waals surface area contributed by atoms with Crippen molar-refractivity contribution in [2.24, 2.45) is 0 Å². The van der Waals surface area contributed by atoms with Crippen molar-refractivity contribution >= 4 is 52.6 Å². The normalized spacial score (nSPS) is 24.2. The summed E-state index contributed by atoms with van der Waals surface area (Å²) in [6.07, 6.45) is -12.2. The van der Waals surface area contributed by atoms with E-state index in [1.54, 1.807) is 67.6 Å². The van der Waals surface area contributed by atoms with E-state index in [4.69, 9.17) is 87.6 Å². The van der Waals surface area contributed by atoms with Crippen molar-refractivity contribution in [2.45, 2.75) is 98.6 Å². The molecule has 0 spiro atoms. The number of rotatable bonds is 20. The second kappa shape index (κ2) is 25.8. The molecule has 0 aliphatic carbocycles. The molecular weight excluding hydrogens is 985 g/mol. The summed E-state index contributed by atoms with van der Waals surface area (Å²) in [6.45, 7) is 2.34. The summed E-state index contributed by atoms with van der Waals surface area (Å²) in [5.74, 6) is -2.48. The van der Waals surface area contributed by atoms with Gasteiger partial charge in [0, 0.05) is 0 Å². The van der Waals surface area contributed by atoms with Crippen LogP contribution >= 0.6 is 34.8 Å². The number of benzene rings is 6. The van der Waals surface area contributed by atoms with E-state index in [9.17, 15) is 9.59 Å². The fourth-order valence-electron chi connectivity index (χ4n) is 8.24. The number of alkyl halides is 3. The van der Waals surface area contributed by atoms with Crippen molar-refractivity contribution in [2.75, 3.05) is 6.61 Å². The lowest BCUT2D eigenvalue weighted by Gasteiger charge is -2.49. The van der Waals surface area contributed by atoms with Gasteiger partial charge in [0.2, 0.25) is 18.3 Å². The Labute approximate surface area is 433 Å². The topological polar surface area (TPSA) is 150 Å². The third-order valence-corrected chi connectivity index (χ3v) is 12.4. The first-order valence-corrected chi connectivity index (χ1v) is 24.5. The highest BCUT2D eigenvalue weighted by Crippen LogP contribution is 2.38. The molecule has 0 aromatic heterocycles. The minimum Gasteiger partial charge on any atom is -0.452 e. The average Bonchev–Trinajstić information content (AvgIpc) is 3.40. The fourth-order valence-corrected chi connectivity index (χ4v) is 8.37. The second-order valence-corrected chi connectivity index (χ2v) is 19.3. The molecule has 376 valence electrons. The van der Waals surface area contributed by atoms with Crippen LogP contribution in [-0.2, 0) is 73.8 Å². The zero-order valence-corrected chi connectivity index (χ0v) is 41.4. The molecule has 1 N–H and O–H groups in total. The molecule has 13 nitrogen and oxygen atoms in total. The van der Waals surface area contributed by atoms with Gasteiger partial charge in [-0.15, -0.1) is 0 Å². The summed E-state index contributed by atoms with van der Waals surface area (Å²) in [6, 6.07) is 55.1. The highest BCUT2D eigenvalue weighted by molar-refractivity contribution is 6.76. The van der Waals surface area contributed by atoms with Crippen molar-refractivity contribution in [1.29, 1.82) is 5.41 Å². The Morgan fingerprint density at radius 2 is 0.875 bits per heavy atom. The lowest BCUT2D eigenvalue weighted by Crippen LogP contribution is -2.66. The zero-order valence-electron chi connectivity index (χ0n) is 39.2.